The monoisotopic (exact) mass is 301 g/mol. The number of likely N-dealkylation sites (N-methyl/N-ethyl adjacent to an activating group) is 1. The summed E-state index contributed by atoms with van der Waals surface area (Å²) in [7, 11) is 1.79. The van der Waals surface area contributed by atoms with E-state index in [9.17, 15) is 0 Å². The lowest BCUT2D eigenvalue weighted by molar-refractivity contribution is 1.26. The number of halogens is 1. The molecule has 0 unspecified atom stereocenters. The first-order valence-corrected chi connectivity index (χ1v) is 6.61. The summed E-state index contributed by atoms with van der Waals surface area (Å²) in [5, 5.41) is 18.2. The Labute approximate surface area is 125 Å². The maximum absolute atomic E-state index is 9.04. The third-order valence-corrected chi connectivity index (χ3v) is 3.51. The molecule has 0 amide bonds. The van der Waals surface area contributed by atoms with E-state index in [4.69, 9.17) is 22.1 Å². The number of allylic oxidation sites excluding steroid dienone is 1. The predicted molar refractivity (Wildman–Crippen MR) is 81.4 cm³/mol. The second-order valence-electron chi connectivity index (χ2n) is 3.75. The molecule has 1 aromatic rings. The Morgan fingerprint density at radius 2 is 1.85 bits per heavy atom. The van der Waals surface area contributed by atoms with Gasteiger partial charge in [-0.25, -0.2) is 0 Å². The number of nitrogens with zero attached hydrogens (tertiary/aromatic N) is 5. The standard InChI is InChI=1S/C13H8ClN5S/c1-19(10-5-3-2-4-6-10)13-11(9(7-15)8-16)12(14)17-20-18-13/h2-6H,1H3. The summed E-state index contributed by atoms with van der Waals surface area (Å²) in [6, 6.07) is 13.1. The third-order valence-electron chi connectivity index (χ3n) is 2.61. The van der Waals surface area contributed by atoms with Crippen LogP contribution in [-0.4, -0.2) is 18.1 Å². The largest absolute Gasteiger partial charge is 0.328 e. The van der Waals surface area contributed by atoms with Gasteiger partial charge in [0.25, 0.3) is 0 Å². The molecule has 0 aromatic heterocycles. The van der Waals surface area contributed by atoms with Gasteiger partial charge in [0.05, 0.1) is 5.57 Å². The zero-order valence-electron chi connectivity index (χ0n) is 10.4. The summed E-state index contributed by atoms with van der Waals surface area (Å²) < 4.78 is 8.06. The first-order chi connectivity index (χ1) is 9.69. The van der Waals surface area contributed by atoms with Crippen LogP contribution in [0.15, 0.2) is 50.3 Å². The summed E-state index contributed by atoms with van der Waals surface area (Å²) in [5.74, 6) is 0.430. The van der Waals surface area contributed by atoms with Crippen LogP contribution >= 0.6 is 23.7 Å². The lowest BCUT2D eigenvalue weighted by Gasteiger charge is -2.23. The van der Waals surface area contributed by atoms with Gasteiger partial charge in [0.15, 0.2) is 11.0 Å². The molecule has 98 valence electrons. The van der Waals surface area contributed by atoms with Crippen LogP contribution in [0, 0.1) is 22.7 Å². The molecular weight excluding hydrogens is 294 g/mol. The highest BCUT2D eigenvalue weighted by atomic mass is 35.5. The highest BCUT2D eigenvalue weighted by Gasteiger charge is 2.25. The SMILES string of the molecule is CN(C1=NSN=C(Cl)C1=C(C#N)C#N)c1ccccc1. The smallest absolute Gasteiger partial charge is 0.155 e. The van der Waals surface area contributed by atoms with Crippen molar-refractivity contribution in [2.45, 2.75) is 0 Å². The van der Waals surface area contributed by atoms with Crippen LogP contribution in [0.4, 0.5) is 5.69 Å². The lowest BCUT2D eigenvalue weighted by Crippen LogP contribution is -2.31. The minimum Gasteiger partial charge on any atom is -0.328 e. The number of rotatable bonds is 1. The Balaban J connectivity index is 2.51. The maximum Gasteiger partial charge on any atom is 0.155 e. The Kier molecular flexibility index (Phi) is 4.41. The first kappa shape index (κ1) is 14.1. The molecule has 1 aliphatic heterocycles. The number of hydrogen-bond acceptors (Lipinski definition) is 6. The van der Waals surface area contributed by atoms with Crippen molar-refractivity contribution in [1.82, 2.24) is 0 Å². The normalized spacial score (nSPS) is 13.7. The van der Waals surface area contributed by atoms with Crippen molar-refractivity contribution in [2.24, 2.45) is 8.80 Å². The van der Waals surface area contributed by atoms with Crippen molar-refractivity contribution >= 4 is 40.4 Å². The number of anilines is 1. The van der Waals surface area contributed by atoms with Gasteiger partial charge < -0.3 is 4.90 Å². The Hall–Kier alpha value is -2.28. The summed E-state index contributed by atoms with van der Waals surface area (Å²) in [4.78, 5) is 1.76. The molecule has 1 aromatic carbocycles. The zero-order chi connectivity index (χ0) is 14.5. The summed E-state index contributed by atoms with van der Waals surface area (Å²) in [6.45, 7) is 0. The molecule has 0 fully saturated rings. The van der Waals surface area contributed by atoms with Gasteiger partial charge in [-0.2, -0.15) is 19.3 Å². The van der Waals surface area contributed by atoms with E-state index in [2.05, 4.69) is 8.80 Å². The van der Waals surface area contributed by atoms with Crippen LogP contribution in [0.5, 0.6) is 0 Å². The third kappa shape index (κ3) is 2.67. The molecule has 5 nitrogen and oxygen atoms in total. The van der Waals surface area contributed by atoms with Crippen molar-refractivity contribution in [3.8, 4) is 12.1 Å². The van der Waals surface area contributed by atoms with Gasteiger partial charge in [-0.1, -0.05) is 29.8 Å². The Morgan fingerprint density at radius 3 is 2.45 bits per heavy atom. The Morgan fingerprint density at radius 1 is 1.20 bits per heavy atom. The second kappa shape index (κ2) is 6.25. The minimum absolute atomic E-state index is 0.0980. The predicted octanol–water partition coefficient (Wildman–Crippen LogP) is 3.08. The van der Waals surface area contributed by atoms with E-state index in [1.807, 2.05) is 42.5 Å². The molecule has 0 bridgehead atoms. The van der Waals surface area contributed by atoms with Gasteiger partial charge >= 0.3 is 0 Å². The lowest BCUT2D eigenvalue weighted by atomic mass is 10.1. The molecule has 1 heterocycles. The van der Waals surface area contributed by atoms with Gasteiger partial charge in [-0.3, -0.25) is 0 Å². The number of benzene rings is 1. The molecule has 0 aliphatic carbocycles. The van der Waals surface area contributed by atoms with Crippen molar-refractivity contribution in [3.05, 3.63) is 41.5 Å². The molecule has 0 N–H and O–H groups in total. The highest BCUT2D eigenvalue weighted by Crippen LogP contribution is 2.26. The molecule has 0 atom stereocenters. The van der Waals surface area contributed by atoms with E-state index in [0.717, 1.165) is 17.8 Å². The van der Waals surface area contributed by atoms with E-state index in [0.29, 0.717) is 5.84 Å². The fourth-order valence-electron chi connectivity index (χ4n) is 1.63. The van der Waals surface area contributed by atoms with Crippen molar-refractivity contribution in [2.75, 3.05) is 11.9 Å². The molecule has 20 heavy (non-hydrogen) atoms. The van der Waals surface area contributed by atoms with Crippen LogP contribution in [0.1, 0.15) is 0 Å². The van der Waals surface area contributed by atoms with Crippen LogP contribution < -0.4 is 4.90 Å². The van der Waals surface area contributed by atoms with E-state index in [1.54, 1.807) is 11.9 Å². The van der Waals surface area contributed by atoms with E-state index in [1.165, 1.54) is 0 Å². The van der Waals surface area contributed by atoms with Crippen LogP contribution in [-0.2, 0) is 0 Å². The van der Waals surface area contributed by atoms with E-state index < -0.39 is 0 Å². The van der Waals surface area contributed by atoms with Crippen molar-refractivity contribution in [3.63, 3.8) is 0 Å². The van der Waals surface area contributed by atoms with Crippen LogP contribution in [0.3, 0.4) is 0 Å². The fourth-order valence-corrected chi connectivity index (χ4v) is 2.40. The van der Waals surface area contributed by atoms with Gasteiger partial charge in [-0.05, 0) is 12.1 Å². The first-order valence-electron chi connectivity index (χ1n) is 5.50. The number of hydrogen-bond donors (Lipinski definition) is 0. The second-order valence-corrected chi connectivity index (χ2v) is 4.63. The molecule has 2 rings (SSSR count). The van der Waals surface area contributed by atoms with Crippen LogP contribution in [0.2, 0.25) is 0 Å². The topological polar surface area (TPSA) is 75.5 Å². The molecular formula is C13H8ClN5S. The summed E-state index contributed by atoms with van der Waals surface area (Å²) in [5.41, 5.74) is 1.01. The average Bonchev–Trinajstić information content (AvgIpc) is 2.50. The summed E-state index contributed by atoms with van der Waals surface area (Å²) >= 11 is 6.95. The molecule has 0 spiro atoms. The van der Waals surface area contributed by atoms with Crippen LogP contribution in [0.25, 0.3) is 0 Å². The number of amidine groups is 1. The fraction of sp³-hybridized carbons (Fsp3) is 0.0769. The zero-order valence-corrected chi connectivity index (χ0v) is 12.0. The minimum atomic E-state index is -0.111. The van der Waals surface area contributed by atoms with E-state index in [-0.39, 0.29) is 16.3 Å². The number of nitriles is 2. The molecule has 7 heteroatoms. The van der Waals surface area contributed by atoms with E-state index >= 15 is 0 Å². The highest BCUT2D eigenvalue weighted by molar-refractivity contribution is 7.97. The maximum atomic E-state index is 9.04. The number of para-hydroxylation sites is 1. The van der Waals surface area contributed by atoms with Crippen molar-refractivity contribution in [1.29, 1.82) is 10.5 Å². The Bertz CT molecular complexity index is 678. The molecule has 0 saturated heterocycles. The molecule has 0 saturated carbocycles. The molecule has 0 radical (unpaired) electrons. The van der Waals surface area contributed by atoms with Gasteiger partial charge in [0, 0.05) is 12.7 Å². The summed E-state index contributed by atoms with van der Waals surface area (Å²) in [6.07, 6.45) is 0. The van der Waals surface area contributed by atoms with Gasteiger partial charge in [-0.15, -0.1) is 0 Å². The van der Waals surface area contributed by atoms with Crippen molar-refractivity contribution < 1.29 is 0 Å². The van der Waals surface area contributed by atoms with Gasteiger partial charge in [0.2, 0.25) is 0 Å². The quantitative estimate of drug-likeness (QED) is 0.590. The molecule has 1 aliphatic rings. The van der Waals surface area contributed by atoms with Gasteiger partial charge in [0.1, 0.15) is 29.8 Å². The average molecular weight is 302 g/mol.